The van der Waals surface area contributed by atoms with Crippen molar-refractivity contribution in [1.29, 1.82) is 0 Å². The van der Waals surface area contributed by atoms with E-state index in [1.165, 1.54) is 11.1 Å². The average molecular weight is 639 g/mol. The van der Waals surface area contributed by atoms with Crippen LogP contribution in [0.25, 0.3) is 11.4 Å². The zero-order chi connectivity index (χ0) is 33.3. The lowest BCUT2D eigenvalue weighted by Gasteiger charge is -2.09. The normalized spacial score (nSPS) is 12.0. The first-order chi connectivity index (χ1) is 22.5. The molecular formula is C40H38N4O2S. The lowest BCUT2D eigenvalue weighted by atomic mass is 10.2. The Bertz CT molecular complexity index is 2060. The van der Waals surface area contributed by atoms with Gasteiger partial charge in [0.1, 0.15) is 0 Å². The maximum atomic E-state index is 13.4. The summed E-state index contributed by atoms with van der Waals surface area (Å²) in [4.78, 5) is 9.70. The first kappa shape index (κ1) is 31.7. The number of aliphatic imine (C=N–C) groups is 2. The van der Waals surface area contributed by atoms with Gasteiger partial charge in [-0.2, -0.15) is 0 Å². The fraction of sp³-hybridized carbons (Fsp3) is 0.150. The second kappa shape index (κ2) is 12.9. The highest BCUT2D eigenvalue weighted by Gasteiger charge is 2.18. The summed E-state index contributed by atoms with van der Waals surface area (Å²) in [5, 5.41) is 0. The van der Waals surface area contributed by atoms with Gasteiger partial charge in [-0.1, -0.05) is 35.4 Å². The minimum absolute atomic E-state index is 0.216. The third-order valence-corrected chi connectivity index (χ3v) is 10.3. The highest BCUT2D eigenvalue weighted by molar-refractivity contribution is 7.91. The van der Waals surface area contributed by atoms with Crippen LogP contribution >= 0.6 is 0 Å². The van der Waals surface area contributed by atoms with E-state index in [9.17, 15) is 8.42 Å². The Kier molecular flexibility index (Phi) is 8.67. The Morgan fingerprint density at radius 1 is 0.489 bits per heavy atom. The molecule has 0 bridgehead atoms. The third kappa shape index (κ3) is 6.53. The predicted molar refractivity (Wildman–Crippen MR) is 193 cm³/mol. The van der Waals surface area contributed by atoms with Gasteiger partial charge in [0.2, 0.25) is 9.84 Å². The summed E-state index contributed by atoms with van der Waals surface area (Å²) >= 11 is 0. The van der Waals surface area contributed by atoms with Crippen molar-refractivity contribution in [3.63, 3.8) is 0 Å². The monoisotopic (exact) mass is 638 g/mol. The maximum absolute atomic E-state index is 13.4. The number of hydrogen-bond donors (Lipinski definition) is 0. The number of aromatic nitrogens is 2. The smallest absolute Gasteiger partial charge is 0.206 e. The summed E-state index contributed by atoms with van der Waals surface area (Å²) in [6.45, 7) is 12.5. The van der Waals surface area contributed by atoms with Gasteiger partial charge in [0.15, 0.2) is 0 Å². The second-order valence-electron chi connectivity index (χ2n) is 12.0. The molecular weight excluding hydrogens is 601 g/mol. The lowest BCUT2D eigenvalue weighted by molar-refractivity contribution is 0.596. The van der Waals surface area contributed by atoms with Crippen molar-refractivity contribution in [3.8, 4) is 11.4 Å². The van der Waals surface area contributed by atoms with E-state index in [0.717, 1.165) is 45.3 Å². The topological polar surface area (TPSA) is 68.7 Å². The molecule has 0 unspecified atom stereocenters. The van der Waals surface area contributed by atoms with Gasteiger partial charge >= 0.3 is 0 Å². The molecule has 0 radical (unpaired) electrons. The molecule has 2 heterocycles. The fourth-order valence-corrected chi connectivity index (χ4v) is 7.13. The second-order valence-corrected chi connectivity index (χ2v) is 14.0. The molecule has 7 heteroatoms. The molecule has 6 nitrogen and oxygen atoms in total. The van der Waals surface area contributed by atoms with Gasteiger partial charge < -0.3 is 9.13 Å². The molecule has 0 aliphatic carbocycles. The molecule has 0 aliphatic rings. The van der Waals surface area contributed by atoms with Crippen LogP contribution < -0.4 is 0 Å². The first-order valence-electron chi connectivity index (χ1n) is 15.6. The molecule has 0 atom stereocenters. The van der Waals surface area contributed by atoms with Gasteiger partial charge in [0.25, 0.3) is 0 Å². The SMILES string of the molecule is Cc1ccc(-n2c(C)cc(C=Nc3ccc(S(=O)(=O)c4ccc(N=Cc5cc(C)n(-c6ccc(C)cc6)c5C)cc4)cc3)c2C)cc1. The predicted octanol–water partition coefficient (Wildman–Crippen LogP) is 9.45. The number of sulfone groups is 1. The average Bonchev–Trinajstić information content (AvgIpc) is 3.52. The Balaban J connectivity index is 1.15. The summed E-state index contributed by atoms with van der Waals surface area (Å²) in [5.74, 6) is 0. The summed E-state index contributed by atoms with van der Waals surface area (Å²) in [7, 11) is -3.70. The van der Waals surface area contributed by atoms with Crippen LogP contribution in [-0.4, -0.2) is 30.0 Å². The molecule has 2 aromatic heterocycles. The zero-order valence-corrected chi connectivity index (χ0v) is 28.4. The minimum Gasteiger partial charge on any atom is -0.318 e. The molecule has 0 aliphatic heterocycles. The van der Waals surface area contributed by atoms with Crippen molar-refractivity contribution >= 4 is 33.6 Å². The molecule has 0 amide bonds. The molecule has 6 aromatic rings. The van der Waals surface area contributed by atoms with Gasteiger partial charge in [-0.25, -0.2) is 8.42 Å². The van der Waals surface area contributed by atoms with Crippen molar-refractivity contribution in [1.82, 2.24) is 9.13 Å². The zero-order valence-electron chi connectivity index (χ0n) is 27.6. The van der Waals surface area contributed by atoms with E-state index >= 15 is 0 Å². The number of benzene rings is 4. The Labute approximate surface area is 277 Å². The highest BCUT2D eigenvalue weighted by Crippen LogP contribution is 2.27. The van der Waals surface area contributed by atoms with Gasteiger partial charge in [-0.15, -0.1) is 0 Å². The van der Waals surface area contributed by atoms with E-state index in [2.05, 4.69) is 121 Å². The van der Waals surface area contributed by atoms with E-state index < -0.39 is 9.84 Å². The molecule has 0 N–H and O–H groups in total. The van der Waals surface area contributed by atoms with Crippen LogP contribution in [0, 0.1) is 41.5 Å². The standard InChI is InChI=1S/C40H38N4O2S/c1-27-7-15-37(16-8-27)43-29(3)23-33(31(43)5)25-41-35-11-19-39(20-12-35)47(45,46)40-21-13-36(14-22-40)42-26-34-24-30(4)44(32(34)6)38-17-9-28(2)10-18-38/h7-26H,1-6H3. The van der Waals surface area contributed by atoms with Crippen LogP contribution in [0.15, 0.2) is 129 Å². The summed E-state index contributed by atoms with van der Waals surface area (Å²) in [6, 6.07) is 34.4. The number of hydrogen-bond acceptors (Lipinski definition) is 4. The maximum Gasteiger partial charge on any atom is 0.206 e. The number of aryl methyl sites for hydroxylation is 4. The quantitative estimate of drug-likeness (QED) is 0.156. The van der Waals surface area contributed by atoms with Crippen molar-refractivity contribution < 1.29 is 8.42 Å². The molecule has 4 aromatic carbocycles. The molecule has 47 heavy (non-hydrogen) atoms. The largest absolute Gasteiger partial charge is 0.318 e. The van der Waals surface area contributed by atoms with Gasteiger partial charge in [-0.05, 0) is 126 Å². The Morgan fingerprint density at radius 3 is 1.17 bits per heavy atom. The molecule has 0 spiro atoms. The highest BCUT2D eigenvalue weighted by atomic mass is 32.2. The number of nitrogens with zero attached hydrogens (tertiary/aromatic N) is 4. The van der Waals surface area contributed by atoms with Crippen molar-refractivity contribution in [3.05, 3.63) is 154 Å². The molecule has 0 saturated heterocycles. The number of rotatable bonds is 8. The summed E-state index contributed by atoms with van der Waals surface area (Å²) < 4.78 is 31.2. The van der Waals surface area contributed by atoms with Crippen LogP contribution in [0.2, 0.25) is 0 Å². The van der Waals surface area contributed by atoms with Gasteiger partial charge in [0, 0.05) is 57.7 Å². The van der Waals surface area contributed by atoms with Gasteiger partial charge in [-0.3, -0.25) is 9.98 Å². The first-order valence-corrected chi connectivity index (χ1v) is 17.0. The molecule has 6 rings (SSSR count). The Morgan fingerprint density at radius 2 is 0.830 bits per heavy atom. The Hall–Kier alpha value is -5.27. The van der Waals surface area contributed by atoms with Crippen molar-refractivity contribution in [2.45, 2.75) is 51.3 Å². The van der Waals surface area contributed by atoms with Crippen molar-refractivity contribution in [2.75, 3.05) is 0 Å². The van der Waals surface area contributed by atoms with Crippen molar-refractivity contribution in [2.24, 2.45) is 9.98 Å². The van der Waals surface area contributed by atoms with E-state index in [-0.39, 0.29) is 9.79 Å². The van der Waals surface area contributed by atoms with Crippen LogP contribution in [-0.2, 0) is 9.84 Å². The minimum atomic E-state index is -3.70. The van der Waals surface area contributed by atoms with Gasteiger partial charge in [0.05, 0.1) is 21.2 Å². The molecule has 0 fully saturated rings. The van der Waals surface area contributed by atoms with Crippen LogP contribution in [0.4, 0.5) is 11.4 Å². The van der Waals surface area contributed by atoms with E-state index in [4.69, 9.17) is 0 Å². The van der Waals surface area contributed by atoms with E-state index in [1.54, 1.807) is 48.5 Å². The third-order valence-electron chi connectivity index (χ3n) is 8.52. The fourth-order valence-electron chi connectivity index (χ4n) is 5.87. The summed E-state index contributed by atoms with van der Waals surface area (Å²) in [6.07, 6.45) is 3.66. The molecule has 236 valence electrons. The van der Waals surface area contributed by atoms with Crippen LogP contribution in [0.1, 0.15) is 45.0 Å². The van der Waals surface area contributed by atoms with E-state index in [0.29, 0.717) is 11.4 Å². The summed E-state index contributed by atoms with van der Waals surface area (Å²) in [5.41, 5.74) is 12.5. The van der Waals surface area contributed by atoms with E-state index in [1.807, 2.05) is 12.4 Å². The molecule has 0 saturated carbocycles. The lowest BCUT2D eigenvalue weighted by Crippen LogP contribution is -2.01. The van der Waals surface area contributed by atoms with Crippen LogP contribution in [0.5, 0.6) is 0 Å². The van der Waals surface area contributed by atoms with Crippen LogP contribution in [0.3, 0.4) is 0 Å².